The second kappa shape index (κ2) is 6.33. The Bertz CT molecular complexity index is 275. The molecule has 0 aliphatic carbocycles. The van der Waals surface area contributed by atoms with Crippen LogP contribution in [0.5, 0.6) is 0 Å². The first-order chi connectivity index (χ1) is 7.32. The van der Waals surface area contributed by atoms with Crippen LogP contribution in [0.25, 0.3) is 0 Å². The topological polar surface area (TPSA) is 138 Å². The Hall–Kier alpha value is -1.28. The fraction of sp³-hybridized carbons (Fsp3) is 0.556. The molecular formula is C9H13O7-. The summed E-state index contributed by atoms with van der Waals surface area (Å²) in [6.07, 6.45) is -7.80. The normalized spacial score (nSPS) is 18.2. The van der Waals surface area contributed by atoms with E-state index in [1.54, 1.807) is 0 Å². The molecule has 0 amide bonds. The van der Waals surface area contributed by atoms with Gasteiger partial charge < -0.3 is 30.3 Å². The molecule has 0 aromatic rings. The number of aliphatic hydroxyl groups is 4. The number of rotatable bonds is 7. The van der Waals surface area contributed by atoms with Crippen LogP contribution in [0.1, 0.15) is 6.42 Å². The minimum Gasteiger partial charge on any atom is -0.547 e. The van der Waals surface area contributed by atoms with Crippen molar-refractivity contribution in [3.8, 4) is 0 Å². The maximum absolute atomic E-state index is 11.0. The van der Waals surface area contributed by atoms with Crippen LogP contribution >= 0.6 is 0 Å². The number of carboxylic acids is 1. The quantitative estimate of drug-likeness (QED) is 0.332. The first kappa shape index (κ1) is 14.7. The number of aliphatic hydroxyl groups excluding tert-OH is 4. The summed E-state index contributed by atoms with van der Waals surface area (Å²) in [5.41, 5.74) is 0. The van der Waals surface area contributed by atoms with E-state index in [1.807, 2.05) is 0 Å². The molecule has 0 rings (SSSR count). The van der Waals surface area contributed by atoms with Gasteiger partial charge in [-0.25, -0.2) is 0 Å². The third-order valence-corrected chi connectivity index (χ3v) is 1.91. The molecule has 0 aliphatic rings. The molecule has 0 aromatic carbocycles. The molecule has 0 radical (unpaired) electrons. The summed E-state index contributed by atoms with van der Waals surface area (Å²) in [7, 11) is 0. The van der Waals surface area contributed by atoms with E-state index >= 15 is 0 Å². The van der Waals surface area contributed by atoms with Gasteiger partial charge in [0.15, 0.2) is 5.78 Å². The first-order valence-corrected chi connectivity index (χ1v) is 4.39. The number of Topliss-reactive ketones (excluding diaryl/α,β-unsaturated/α-hetero) is 1. The largest absolute Gasteiger partial charge is 0.547 e. The summed E-state index contributed by atoms with van der Waals surface area (Å²) >= 11 is 0. The zero-order chi connectivity index (χ0) is 12.9. The van der Waals surface area contributed by atoms with Gasteiger partial charge in [-0.2, -0.15) is 0 Å². The Kier molecular flexibility index (Phi) is 5.83. The highest BCUT2D eigenvalue weighted by Crippen LogP contribution is 2.07. The van der Waals surface area contributed by atoms with Gasteiger partial charge in [0.25, 0.3) is 0 Å². The van der Waals surface area contributed by atoms with Crippen molar-refractivity contribution < 1.29 is 35.1 Å². The second-order valence-corrected chi connectivity index (χ2v) is 3.15. The highest BCUT2D eigenvalue weighted by Gasteiger charge is 2.34. The molecule has 0 fully saturated rings. The van der Waals surface area contributed by atoms with Gasteiger partial charge in [0.05, 0.1) is 5.97 Å². The SMILES string of the molecule is C=CCC(=O)[C@H](O)[C@@H](O)[C@H](O)[C@H](O)C(=O)[O-]. The highest BCUT2D eigenvalue weighted by atomic mass is 16.4. The van der Waals surface area contributed by atoms with E-state index in [2.05, 4.69) is 6.58 Å². The number of allylic oxidation sites excluding steroid dienone is 1. The fourth-order valence-corrected chi connectivity index (χ4v) is 0.966. The van der Waals surface area contributed by atoms with Crippen molar-refractivity contribution in [2.75, 3.05) is 0 Å². The number of ketones is 1. The van der Waals surface area contributed by atoms with Crippen LogP contribution in [0.15, 0.2) is 12.7 Å². The summed E-state index contributed by atoms with van der Waals surface area (Å²) in [5, 5.41) is 46.4. The molecule has 0 heterocycles. The molecule has 0 bridgehead atoms. The summed E-state index contributed by atoms with van der Waals surface area (Å²) in [4.78, 5) is 21.2. The van der Waals surface area contributed by atoms with E-state index in [0.29, 0.717) is 0 Å². The van der Waals surface area contributed by atoms with Crippen LogP contribution in [0, 0.1) is 0 Å². The van der Waals surface area contributed by atoms with Crippen LogP contribution in [0.3, 0.4) is 0 Å². The van der Waals surface area contributed by atoms with Crippen LogP contribution in [-0.4, -0.2) is 56.6 Å². The predicted octanol–water partition coefficient (Wildman–Crippen LogP) is -3.67. The van der Waals surface area contributed by atoms with E-state index in [0.717, 1.165) is 0 Å². The lowest BCUT2D eigenvalue weighted by Crippen LogP contribution is -2.53. The molecular weight excluding hydrogens is 220 g/mol. The van der Waals surface area contributed by atoms with Crippen LogP contribution < -0.4 is 5.11 Å². The molecule has 0 saturated carbocycles. The van der Waals surface area contributed by atoms with Crippen molar-refractivity contribution in [3.05, 3.63) is 12.7 Å². The zero-order valence-corrected chi connectivity index (χ0v) is 8.31. The molecule has 0 spiro atoms. The summed E-state index contributed by atoms with van der Waals surface area (Å²) < 4.78 is 0. The Morgan fingerprint density at radius 2 is 1.56 bits per heavy atom. The Morgan fingerprint density at radius 1 is 1.12 bits per heavy atom. The molecule has 4 atom stereocenters. The van der Waals surface area contributed by atoms with Gasteiger partial charge in [0.2, 0.25) is 0 Å². The third kappa shape index (κ3) is 3.70. The standard InChI is InChI=1S/C9H14O7/c1-2-3-4(10)5(11)6(12)7(13)8(14)9(15)16/h2,5-8,11-14H,1,3H2,(H,15,16)/p-1/t5-,6+,7-,8-/m0/s1. The van der Waals surface area contributed by atoms with E-state index in [4.69, 9.17) is 10.2 Å². The molecule has 4 N–H and O–H groups in total. The average Bonchev–Trinajstić information content (AvgIpc) is 2.25. The van der Waals surface area contributed by atoms with Gasteiger partial charge in [0, 0.05) is 6.42 Å². The van der Waals surface area contributed by atoms with E-state index in [1.165, 1.54) is 6.08 Å². The Balaban J connectivity index is 4.53. The van der Waals surface area contributed by atoms with Crippen molar-refractivity contribution in [3.63, 3.8) is 0 Å². The van der Waals surface area contributed by atoms with Gasteiger partial charge in [-0.3, -0.25) is 4.79 Å². The van der Waals surface area contributed by atoms with Gasteiger partial charge in [-0.15, -0.1) is 6.58 Å². The molecule has 16 heavy (non-hydrogen) atoms. The number of hydrogen-bond acceptors (Lipinski definition) is 7. The average molecular weight is 233 g/mol. The minimum absolute atomic E-state index is 0.258. The maximum Gasteiger partial charge on any atom is 0.167 e. The Labute approximate surface area is 91.3 Å². The van der Waals surface area contributed by atoms with Crippen molar-refractivity contribution in [2.45, 2.75) is 30.8 Å². The van der Waals surface area contributed by atoms with Gasteiger partial charge in [-0.05, 0) is 0 Å². The molecule has 7 nitrogen and oxygen atoms in total. The summed E-state index contributed by atoms with van der Waals surface area (Å²) in [5.74, 6) is -2.87. The number of carbonyl (C=O) groups is 2. The van der Waals surface area contributed by atoms with E-state index in [-0.39, 0.29) is 6.42 Å². The predicted molar refractivity (Wildman–Crippen MR) is 48.9 cm³/mol. The van der Waals surface area contributed by atoms with Gasteiger partial charge in [0.1, 0.15) is 24.4 Å². The zero-order valence-electron chi connectivity index (χ0n) is 8.31. The summed E-state index contributed by atoms with van der Waals surface area (Å²) in [6, 6.07) is 0. The van der Waals surface area contributed by atoms with Gasteiger partial charge >= 0.3 is 0 Å². The molecule has 7 heteroatoms. The number of carbonyl (C=O) groups excluding carboxylic acids is 2. The molecule has 0 aliphatic heterocycles. The van der Waals surface area contributed by atoms with Crippen molar-refractivity contribution >= 4 is 11.8 Å². The number of carboxylic acid groups (broad SMARTS) is 1. The van der Waals surface area contributed by atoms with Gasteiger partial charge in [-0.1, -0.05) is 6.08 Å². The maximum atomic E-state index is 11.0. The highest BCUT2D eigenvalue weighted by molar-refractivity contribution is 5.84. The number of hydrogen-bond donors (Lipinski definition) is 4. The Morgan fingerprint density at radius 3 is 1.94 bits per heavy atom. The lowest BCUT2D eigenvalue weighted by Gasteiger charge is -2.26. The fourth-order valence-electron chi connectivity index (χ4n) is 0.966. The van der Waals surface area contributed by atoms with E-state index < -0.39 is 36.2 Å². The minimum atomic E-state index is -2.39. The van der Waals surface area contributed by atoms with Crippen LogP contribution in [0.4, 0.5) is 0 Å². The van der Waals surface area contributed by atoms with E-state index in [9.17, 15) is 24.9 Å². The lowest BCUT2D eigenvalue weighted by atomic mass is 9.99. The molecule has 92 valence electrons. The van der Waals surface area contributed by atoms with Crippen molar-refractivity contribution in [1.29, 1.82) is 0 Å². The first-order valence-electron chi connectivity index (χ1n) is 4.39. The van der Waals surface area contributed by atoms with Crippen LogP contribution in [-0.2, 0) is 9.59 Å². The molecule has 0 unspecified atom stereocenters. The second-order valence-electron chi connectivity index (χ2n) is 3.15. The van der Waals surface area contributed by atoms with Crippen LogP contribution in [0.2, 0.25) is 0 Å². The molecule has 0 aromatic heterocycles. The molecule has 0 saturated heterocycles. The third-order valence-electron chi connectivity index (χ3n) is 1.91. The summed E-state index contributed by atoms with van der Waals surface area (Å²) in [6.45, 7) is 3.22. The van der Waals surface area contributed by atoms with Crippen molar-refractivity contribution in [1.82, 2.24) is 0 Å². The lowest BCUT2D eigenvalue weighted by molar-refractivity contribution is -0.320. The smallest absolute Gasteiger partial charge is 0.167 e. The number of aliphatic carboxylic acids is 1. The monoisotopic (exact) mass is 233 g/mol. The van der Waals surface area contributed by atoms with Crippen molar-refractivity contribution in [2.24, 2.45) is 0 Å².